The van der Waals surface area contributed by atoms with Crippen molar-refractivity contribution < 1.29 is 24.2 Å². The van der Waals surface area contributed by atoms with Gasteiger partial charge < -0.3 is 14.6 Å². The first-order valence-corrected chi connectivity index (χ1v) is 16.4. The number of carbonyl (C=O) groups excluding carboxylic acids is 2. The third-order valence-corrected chi connectivity index (χ3v) is 8.67. The number of nitrogens with one attached hydrogen (secondary N) is 1. The molecule has 2 aromatic rings. The summed E-state index contributed by atoms with van der Waals surface area (Å²) in [6.45, 7) is 9.29. The van der Waals surface area contributed by atoms with Crippen LogP contribution in [0.4, 0.5) is 5.69 Å². The number of phenols is 1. The smallest absolute Gasteiger partial charge is 0.310 e. The molecular weight excluding hydrogens is 472 g/mol. The number of ether oxygens (including phenoxy) is 2. The summed E-state index contributed by atoms with van der Waals surface area (Å²) in [5.74, 6) is -2.86. The van der Waals surface area contributed by atoms with E-state index in [0.29, 0.717) is 19.4 Å². The van der Waals surface area contributed by atoms with Crippen molar-refractivity contribution in [3.05, 3.63) is 59.7 Å². The molecular formula is C28H36N2O5Si. The summed E-state index contributed by atoms with van der Waals surface area (Å²) >= 11 is 0. The van der Waals surface area contributed by atoms with E-state index in [0.717, 1.165) is 28.6 Å². The molecule has 0 saturated heterocycles. The summed E-state index contributed by atoms with van der Waals surface area (Å²) < 4.78 is 11.4. The van der Waals surface area contributed by atoms with Gasteiger partial charge in [-0.15, -0.1) is 0 Å². The zero-order valence-electron chi connectivity index (χ0n) is 21.5. The molecule has 192 valence electrons. The average Bonchev–Trinajstić information content (AvgIpc) is 2.85. The Morgan fingerprint density at radius 3 is 2.39 bits per heavy atom. The van der Waals surface area contributed by atoms with Gasteiger partial charge in [0.25, 0.3) is 0 Å². The van der Waals surface area contributed by atoms with Gasteiger partial charge >= 0.3 is 11.9 Å². The van der Waals surface area contributed by atoms with Gasteiger partial charge in [0.05, 0.1) is 30.7 Å². The van der Waals surface area contributed by atoms with E-state index in [1.807, 2.05) is 43.3 Å². The number of hydrogen-bond donors (Lipinski definition) is 2. The molecule has 1 saturated carbocycles. The molecule has 3 aliphatic carbocycles. The van der Waals surface area contributed by atoms with E-state index in [9.17, 15) is 14.7 Å². The highest BCUT2D eigenvalue weighted by molar-refractivity contribution is 6.76. The number of carbonyl (C=O) groups is 2. The maximum absolute atomic E-state index is 13.5. The zero-order valence-corrected chi connectivity index (χ0v) is 22.5. The highest BCUT2D eigenvalue weighted by Crippen LogP contribution is 2.55. The number of anilines is 1. The maximum Gasteiger partial charge on any atom is 0.310 e. The molecule has 2 N–H and O–H groups in total. The number of rotatable bonds is 9. The Labute approximate surface area is 213 Å². The lowest BCUT2D eigenvalue weighted by molar-refractivity contribution is -0.163. The van der Waals surface area contributed by atoms with Crippen LogP contribution in [0.15, 0.2) is 53.6 Å². The zero-order chi connectivity index (χ0) is 25.9. The van der Waals surface area contributed by atoms with Crippen LogP contribution >= 0.6 is 0 Å². The molecule has 5 rings (SSSR count). The predicted molar refractivity (Wildman–Crippen MR) is 143 cm³/mol. The molecule has 4 atom stereocenters. The molecule has 1 unspecified atom stereocenters. The van der Waals surface area contributed by atoms with Gasteiger partial charge in [-0.1, -0.05) is 50.8 Å². The molecule has 0 heterocycles. The van der Waals surface area contributed by atoms with Crippen LogP contribution in [0.1, 0.15) is 42.7 Å². The number of benzene rings is 2. The number of aromatic hydroxyl groups is 1. The van der Waals surface area contributed by atoms with Crippen LogP contribution < -0.4 is 5.43 Å². The Kier molecular flexibility index (Phi) is 7.83. The molecule has 0 aromatic heterocycles. The Morgan fingerprint density at radius 2 is 1.69 bits per heavy atom. The molecule has 0 aliphatic heterocycles. The van der Waals surface area contributed by atoms with E-state index in [2.05, 4.69) is 25.1 Å². The third-order valence-electron chi connectivity index (χ3n) is 6.96. The summed E-state index contributed by atoms with van der Waals surface area (Å²) in [5, 5.41) is 15.0. The van der Waals surface area contributed by atoms with Crippen LogP contribution in [0.25, 0.3) is 0 Å². The SMILES string of the molecule is CCCOC(=O)[C@H]1[C@H](C(=O)OCC[Si](C)(C)C)C2C/C(=N\Nc3ccccc3)[C@H]1c1cc(O)ccc12. The molecule has 36 heavy (non-hydrogen) atoms. The van der Waals surface area contributed by atoms with Crippen LogP contribution in [-0.2, 0) is 19.1 Å². The molecule has 0 spiro atoms. The van der Waals surface area contributed by atoms with Crippen molar-refractivity contribution in [1.29, 1.82) is 0 Å². The topological polar surface area (TPSA) is 97.2 Å². The van der Waals surface area contributed by atoms with Crippen molar-refractivity contribution in [3.63, 3.8) is 0 Å². The minimum absolute atomic E-state index is 0.117. The normalized spacial score (nSPS) is 23.7. The second-order valence-corrected chi connectivity index (χ2v) is 16.5. The fraction of sp³-hybridized carbons (Fsp3) is 0.464. The Balaban J connectivity index is 1.72. The molecule has 7 nitrogen and oxygen atoms in total. The number of para-hydroxylation sites is 1. The highest BCUT2D eigenvalue weighted by atomic mass is 28.3. The van der Waals surface area contributed by atoms with Gasteiger partial charge in [-0.2, -0.15) is 5.10 Å². The van der Waals surface area contributed by atoms with Gasteiger partial charge in [0, 0.05) is 25.6 Å². The van der Waals surface area contributed by atoms with Crippen molar-refractivity contribution in [1.82, 2.24) is 0 Å². The van der Waals surface area contributed by atoms with Gasteiger partial charge in [0.15, 0.2) is 0 Å². The Morgan fingerprint density at radius 1 is 1.00 bits per heavy atom. The summed E-state index contributed by atoms with van der Waals surface area (Å²) in [5.41, 5.74) is 6.49. The number of nitrogens with zero attached hydrogens (tertiary/aromatic N) is 1. The van der Waals surface area contributed by atoms with Crippen molar-refractivity contribution >= 4 is 31.4 Å². The van der Waals surface area contributed by atoms with Crippen molar-refractivity contribution in [2.75, 3.05) is 18.6 Å². The lowest BCUT2D eigenvalue weighted by Gasteiger charge is -2.47. The monoisotopic (exact) mass is 508 g/mol. The van der Waals surface area contributed by atoms with Crippen LogP contribution in [0.3, 0.4) is 0 Å². The first-order chi connectivity index (χ1) is 17.2. The van der Waals surface area contributed by atoms with Gasteiger partial charge in [0.2, 0.25) is 0 Å². The van der Waals surface area contributed by atoms with Gasteiger partial charge in [-0.3, -0.25) is 15.0 Å². The van der Waals surface area contributed by atoms with Crippen LogP contribution in [0.2, 0.25) is 25.7 Å². The van der Waals surface area contributed by atoms with Crippen LogP contribution in [0, 0.1) is 11.8 Å². The Hall–Kier alpha value is -3.13. The number of hydrazone groups is 1. The van der Waals surface area contributed by atoms with E-state index in [-0.39, 0.29) is 24.2 Å². The van der Waals surface area contributed by atoms with E-state index in [4.69, 9.17) is 14.6 Å². The summed E-state index contributed by atoms with van der Waals surface area (Å²) in [4.78, 5) is 27.0. The van der Waals surface area contributed by atoms with Crippen molar-refractivity contribution in [2.45, 2.75) is 57.3 Å². The lowest BCUT2D eigenvalue weighted by atomic mass is 9.55. The van der Waals surface area contributed by atoms with Crippen LogP contribution in [0.5, 0.6) is 5.75 Å². The fourth-order valence-electron chi connectivity index (χ4n) is 5.20. The van der Waals surface area contributed by atoms with Gasteiger partial charge in [-0.25, -0.2) is 0 Å². The van der Waals surface area contributed by atoms with Gasteiger partial charge in [-0.05, 0) is 54.3 Å². The number of esters is 2. The second kappa shape index (κ2) is 10.9. The van der Waals surface area contributed by atoms with E-state index in [1.54, 1.807) is 12.1 Å². The molecule has 0 radical (unpaired) electrons. The predicted octanol–water partition coefficient (Wildman–Crippen LogP) is 5.51. The Bertz CT molecular complexity index is 1130. The summed E-state index contributed by atoms with van der Waals surface area (Å²) in [6.07, 6.45) is 1.21. The van der Waals surface area contributed by atoms with E-state index in [1.165, 1.54) is 0 Å². The standard InChI is InChI=1S/C28H36N2O5Si/c1-5-13-34-28(33)26-24-21-16-19(31)11-12-20(21)22(25(26)27(32)35-14-15-36(2,3)4)17-23(24)30-29-18-9-7-6-8-10-18/h6-12,16,22,24-26,29,31H,5,13-15,17H2,1-4H3/b30-23+/t22?,24-,25-,26-/m1/s1. The molecule has 0 amide bonds. The van der Waals surface area contributed by atoms with Gasteiger partial charge in [0.1, 0.15) is 5.75 Å². The van der Waals surface area contributed by atoms with E-state index < -0.39 is 31.8 Å². The molecule has 2 aromatic carbocycles. The minimum atomic E-state index is -1.39. The first-order valence-electron chi connectivity index (χ1n) is 12.7. The number of phenolic OH excluding ortho intramolecular Hbond substituents is 1. The fourth-order valence-corrected chi connectivity index (χ4v) is 5.91. The average molecular weight is 509 g/mol. The summed E-state index contributed by atoms with van der Waals surface area (Å²) in [6, 6.07) is 15.6. The van der Waals surface area contributed by atoms with Crippen molar-refractivity contribution in [2.24, 2.45) is 16.9 Å². The molecule has 8 heteroatoms. The number of hydrogen-bond acceptors (Lipinski definition) is 7. The maximum atomic E-state index is 13.5. The lowest BCUT2D eigenvalue weighted by Crippen LogP contribution is -2.51. The number of fused-ring (bicyclic) bond motifs is 2. The third kappa shape index (κ3) is 5.64. The minimum Gasteiger partial charge on any atom is -0.508 e. The highest BCUT2D eigenvalue weighted by Gasteiger charge is 2.57. The van der Waals surface area contributed by atoms with E-state index >= 15 is 0 Å². The molecule has 3 aliphatic rings. The summed E-state index contributed by atoms with van der Waals surface area (Å²) in [7, 11) is -1.39. The molecule has 2 bridgehead atoms. The quantitative estimate of drug-likeness (QED) is 0.263. The molecule has 1 fully saturated rings. The van der Waals surface area contributed by atoms with Crippen LogP contribution in [-0.4, -0.2) is 44.0 Å². The first kappa shape index (κ1) is 25.9. The second-order valence-electron chi connectivity index (χ2n) is 10.9. The largest absolute Gasteiger partial charge is 0.508 e. The van der Waals surface area contributed by atoms with Crippen molar-refractivity contribution in [3.8, 4) is 5.75 Å².